The van der Waals surface area contributed by atoms with Crippen molar-refractivity contribution in [2.24, 2.45) is 0 Å². The summed E-state index contributed by atoms with van der Waals surface area (Å²) in [6.45, 7) is 4.30. The third-order valence-electron chi connectivity index (χ3n) is 3.69. The van der Waals surface area contributed by atoms with Gasteiger partial charge in [-0.2, -0.15) is 0 Å². The van der Waals surface area contributed by atoms with Crippen LogP contribution in [0, 0.1) is 6.92 Å². The Morgan fingerprint density at radius 1 is 1.11 bits per heavy atom. The molecule has 0 aromatic carbocycles. The Bertz CT molecular complexity index is 338. The number of aryl methyl sites for hydroxylation is 1. The van der Waals surface area contributed by atoms with E-state index in [1.54, 1.807) is 0 Å². The molecule has 0 radical (unpaired) electrons. The molecule has 0 aliphatic heterocycles. The highest BCUT2D eigenvalue weighted by molar-refractivity contribution is 5.18. The molecule has 0 aliphatic rings. The Hall–Kier alpha value is -0.890. The maximum Gasteiger partial charge on any atom is 0.0595 e. The molecule has 1 atom stereocenters. The summed E-state index contributed by atoms with van der Waals surface area (Å²) in [6, 6.07) is 4.00. The van der Waals surface area contributed by atoms with Crippen LogP contribution < -0.4 is 0 Å². The molecule has 1 aromatic heterocycles. The number of hydrogen-bond acceptors (Lipinski definition) is 2. The van der Waals surface area contributed by atoms with Crippen LogP contribution in [0.3, 0.4) is 0 Å². The standard InChI is InChI=1S/C17H29NO/c1-3-4-5-6-7-8-9-12-16(19)14-17-15(2)11-10-13-18-17/h10-11,13,16,19H,3-9,12,14H2,1-2H3. The van der Waals surface area contributed by atoms with Crippen LogP contribution in [0.4, 0.5) is 0 Å². The maximum absolute atomic E-state index is 10.0. The Labute approximate surface area is 118 Å². The van der Waals surface area contributed by atoms with Gasteiger partial charge >= 0.3 is 0 Å². The van der Waals surface area contributed by atoms with Gasteiger partial charge in [0.25, 0.3) is 0 Å². The predicted octanol–water partition coefficient (Wildman–Crippen LogP) is 4.43. The Balaban J connectivity index is 2.08. The molecule has 1 rings (SSSR count). The van der Waals surface area contributed by atoms with Crippen LogP contribution in [-0.2, 0) is 6.42 Å². The molecular weight excluding hydrogens is 234 g/mol. The summed E-state index contributed by atoms with van der Waals surface area (Å²) < 4.78 is 0. The number of pyridine rings is 1. The summed E-state index contributed by atoms with van der Waals surface area (Å²) in [5.74, 6) is 0. The van der Waals surface area contributed by atoms with Gasteiger partial charge in [-0.15, -0.1) is 0 Å². The van der Waals surface area contributed by atoms with E-state index in [4.69, 9.17) is 0 Å². The second kappa shape index (κ2) is 9.96. The number of aromatic nitrogens is 1. The first-order chi connectivity index (χ1) is 9.24. The fraction of sp³-hybridized carbons (Fsp3) is 0.706. The number of unbranched alkanes of at least 4 members (excludes halogenated alkanes) is 6. The van der Waals surface area contributed by atoms with Crippen molar-refractivity contribution in [1.29, 1.82) is 0 Å². The van der Waals surface area contributed by atoms with E-state index in [2.05, 4.69) is 24.9 Å². The summed E-state index contributed by atoms with van der Waals surface area (Å²) in [4.78, 5) is 4.34. The minimum absolute atomic E-state index is 0.232. The summed E-state index contributed by atoms with van der Waals surface area (Å²) in [5.41, 5.74) is 2.22. The number of aliphatic hydroxyl groups excluding tert-OH is 1. The van der Waals surface area contributed by atoms with Crippen LogP contribution in [0.1, 0.15) is 69.5 Å². The van der Waals surface area contributed by atoms with Gasteiger partial charge in [-0.1, -0.05) is 57.9 Å². The zero-order chi connectivity index (χ0) is 13.9. The van der Waals surface area contributed by atoms with Crippen molar-refractivity contribution in [3.63, 3.8) is 0 Å². The highest BCUT2D eigenvalue weighted by Crippen LogP contribution is 2.13. The van der Waals surface area contributed by atoms with Crippen molar-refractivity contribution in [2.45, 2.75) is 77.7 Å². The molecule has 0 saturated heterocycles. The van der Waals surface area contributed by atoms with Crippen molar-refractivity contribution >= 4 is 0 Å². The predicted molar refractivity (Wildman–Crippen MR) is 81.3 cm³/mol. The fourth-order valence-corrected chi connectivity index (χ4v) is 2.39. The lowest BCUT2D eigenvalue weighted by Gasteiger charge is -2.11. The van der Waals surface area contributed by atoms with E-state index in [-0.39, 0.29) is 6.10 Å². The number of rotatable bonds is 10. The molecule has 1 unspecified atom stereocenters. The minimum Gasteiger partial charge on any atom is -0.393 e. The number of hydrogen-bond donors (Lipinski definition) is 1. The lowest BCUT2D eigenvalue weighted by atomic mass is 10.0. The van der Waals surface area contributed by atoms with Crippen molar-refractivity contribution in [2.75, 3.05) is 0 Å². The van der Waals surface area contributed by atoms with Gasteiger partial charge < -0.3 is 5.11 Å². The molecule has 0 spiro atoms. The van der Waals surface area contributed by atoms with Gasteiger partial charge in [0.05, 0.1) is 6.10 Å². The van der Waals surface area contributed by atoms with Gasteiger partial charge in [-0.3, -0.25) is 4.98 Å². The minimum atomic E-state index is -0.232. The lowest BCUT2D eigenvalue weighted by molar-refractivity contribution is 0.159. The van der Waals surface area contributed by atoms with Gasteiger partial charge in [0.2, 0.25) is 0 Å². The first-order valence-corrected chi connectivity index (χ1v) is 7.82. The van der Waals surface area contributed by atoms with E-state index in [9.17, 15) is 5.11 Å². The first-order valence-electron chi connectivity index (χ1n) is 7.82. The third-order valence-corrected chi connectivity index (χ3v) is 3.69. The second-order valence-corrected chi connectivity index (χ2v) is 5.53. The normalized spacial score (nSPS) is 12.6. The lowest BCUT2D eigenvalue weighted by Crippen LogP contribution is -2.12. The smallest absolute Gasteiger partial charge is 0.0595 e. The molecule has 108 valence electrons. The van der Waals surface area contributed by atoms with E-state index >= 15 is 0 Å². The summed E-state index contributed by atoms with van der Waals surface area (Å²) in [6.07, 6.45) is 12.3. The summed E-state index contributed by atoms with van der Waals surface area (Å²) in [5, 5.41) is 10.0. The maximum atomic E-state index is 10.0. The van der Waals surface area contributed by atoms with E-state index in [0.29, 0.717) is 6.42 Å². The average molecular weight is 263 g/mol. The van der Waals surface area contributed by atoms with Crippen molar-refractivity contribution in [1.82, 2.24) is 4.98 Å². The Morgan fingerprint density at radius 3 is 2.47 bits per heavy atom. The molecule has 2 heteroatoms. The van der Waals surface area contributed by atoms with Gasteiger partial charge in [0.1, 0.15) is 0 Å². The van der Waals surface area contributed by atoms with Crippen LogP contribution in [0.2, 0.25) is 0 Å². The molecular formula is C17H29NO. The average Bonchev–Trinajstić information content (AvgIpc) is 2.40. The molecule has 0 amide bonds. The number of nitrogens with zero attached hydrogens (tertiary/aromatic N) is 1. The van der Waals surface area contributed by atoms with Crippen LogP contribution in [0.25, 0.3) is 0 Å². The first kappa shape index (κ1) is 16.2. The van der Waals surface area contributed by atoms with Gasteiger partial charge in [-0.25, -0.2) is 0 Å². The van der Waals surface area contributed by atoms with E-state index in [1.807, 2.05) is 12.3 Å². The monoisotopic (exact) mass is 263 g/mol. The van der Waals surface area contributed by atoms with E-state index in [0.717, 1.165) is 18.5 Å². The van der Waals surface area contributed by atoms with Crippen molar-refractivity contribution in [3.8, 4) is 0 Å². The van der Waals surface area contributed by atoms with Crippen LogP contribution in [-0.4, -0.2) is 16.2 Å². The summed E-state index contributed by atoms with van der Waals surface area (Å²) >= 11 is 0. The highest BCUT2D eigenvalue weighted by atomic mass is 16.3. The highest BCUT2D eigenvalue weighted by Gasteiger charge is 2.08. The molecule has 1 aromatic rings. The van der Waals surface area contributed by atoms with Crippen molar-refractivity contribution < 1.29 is 5.11 Å². The quantitative estimate of drug-likeness (QED) is 0.633. The van der Waals surface area contributed by atoms with Gasteiger partial charge in [0.15, 0.2) is 0 Å². The molecule has 1 N–H and O–H groups in total. The Morgan fingerprint density at radius 2 is 1.79 bits per heavy atom. The molecule has 0 bridgehead atoms. The molecule has 19 heavy (non-hydrogen) atoms. The van der Waals surface area contributed by atoms with Crippen LogP contribution >= 0.6 is 0 Å². The molecule has 0 aliphatic carbocycles. The molecule has 0 saturated carbocycles. The zero-order valence-electron chi connectivity index (χ0n) is 12.6. The fourth-order valence-electron chi connectivity index (χ4n) is 2.39. The van der Waals surface area contributed by atoms with Crippen molar-refractivity contribution in [3.05, 3.63) is 29.6 Å². The van der Waals surface area contributed by atoms with Gasteiger partial charge in [0, 0.05) is 18.3 Å². The summed E-state index contributed by atoms with van der Waals surface area (Å²) in [7, 11) is 0. The Kier molecular flexibility index (Phi) is 8.48. The second-order valence-electron chi connectivity index (χ2n) is 5.53. The van der Waals surface area contributed by atoms with E-state index < -0.39 is 0 Å². The topological polar surface area (TPSA) is 33.1 Å². The van der Waals surface area contributed by atoms with Crippen LogP contribution in [0.5, 0.6) is 0 Å². The zero-order valence-corrected chi connectivity index (χ0v) is 12.6. The number of aliphatic hydroxyl groups is 1. The van der Waals surface area contributed by atoms with Gasteiger partial charge in [-0.05, 0) is 25.0 Å². The van der Waals surface area contributed by atoms with Crippen LogP contribution in [0.15, 0.2) is 18.3 Å². The molecule has 1 heterocycles. The largest absolute Gasteiger partial charge is 0.393 e. The van der Waals surface area contributed by atoms with E-state index in [1.165, 1.54) is 44.1 Å². The molecule has 0 fully saturated rings. The molecule has 2 nitrogen and oxygen atoms in total. The third kappa shape index (κ3) is 7.31. The SMILES string of the molecule is CCCCCCCCCC(O)Cc1ncccc1C.